The number of thiophene rings is 1. The van der Waals surface area contributed by atoms with E-state index in [9.17, 15) is 9.59 Å². The van der Waals surface area contributed by atoms with Gasteiger partial charge in [0.1, 0.15) is 21.8 Å². The number of hydrogen-bond acceptors (Lipinski definition) is 4. The van der Waals surface area contributed by atoms with E-state index in [1.165, 1.54) is 0 Å². The van der Waals surface area contributed by atoms with E-state index in [0.717, 1.165) is 27.0 Å². The number of hydrogen-bond donors (Lipinski definition) is 1. The lowest BCUT2D eigenvalue weighted by Crippen LogP contribution is -2.64. The zero-order valence-corrected chi connectivity index (χ0v) is 19.6. The Morgan fingerprint density at radius 3 is 2.70 bits per heavy atom. The third-order valence-electron chi connectivity index (χ3n) is 6.36. The smallest absolute Gasteiger partial charge is 0.275 e. The van der Waals surface area contributed by atoms with Gasteiger partial charge in [-0.25, -0.2) is 0 Å². The van der Waals surface area contributed by atoms with E-state index in [2.05, 4.69) is 5.32 Å². The molecule has 0 unspecified atom stereocenters. The molecule has 1 aliphatic heterocycles. The van der Waals surface area contributed by atoms with Crippen LogP contribution in [0, 0.1) is 6.92 Å². The second-order valence-corrected chi connectivity index (χ2v) is 9.39. The zero-order chi connectivity index (χ0) is 23.2. The summed E-state index contributed by atoms with van der Waals surface area (Å²) in [5.41, 5.74) is 2.05. The first-order chi connectivity index (χ1) is 15.9. The number of rotatable bonds is 5. The Hall–Kier alpha value is -3.58. The second kappa shape index (κ2) is 8.08. The molecule has 1 N–H and O–H groups in total. The van der Waals surface area contributed by atoms with Crippen LogP contribution in [0.15, 0.2) is 66.0 Å². The SMILES string of the molecule is COc1ccccc1CNC(=O)[C@@]1(C)Cn2c(cc3ccsc32)C(=O)N1c1ccccc1C. The van der Waals surface area contributed by atoms with E-state index in [4.69, 9.17) is 4.74 Å². The number of para-hydroxylation sites is 2. The lowest BCUT2D eigenvalue weighted by atomic mass is 9.93. The van der Waals surface area contributed by atoms with Crippen LogP contribution >= 0.6 is 11.3 Å². The van der Waals surface area contributed by atoms with Gasteiger partial charge in [-0.15, -0.1) is 11.3 Å². The molecule has 0 radical (unpaired) electrons. The number of aryl methyl sites for hydroxylation is 1. The van der Waals surface area contributed by atoms with Gasteiger partial charge >= 0.3 is 0 Å². The molecule has 33 heavy (non-hydrogen) atoms. The molecule has 0 fully saturated rings. The molecule has 2 amide bonds. The number of anilines is 1. The van der Waals surface area contributed by atoms with Gasteiger partial charge in [0.25, 0.3) is 5.91 Å². The van der Waals surface area contributed by atoms with Gasteiger partial charge in [0.2, 0.25) is 5.91 Å². The van der Waals surface area contributed by atoms with Crippen molar-refractivity contribution in [2.75, 3.05) is 12.0 Å². The fourth-order valence-electron chi connectivity index (χ4n) is 4.60. The normalized spacial score (nSPS) is 17.8. The van der Waals surface area contributed by atoms with Crippen molar-refractivity contribution in [3.8, 4) is 5.75 Å². The van der Waals surface area contributed by atoms with Crippen molar-refractivity contribution in [3.63, 3.8) is 0 Å². The Morgan fingerprint density at radius 2 is 1.91 bits per heavy atom. The van der Waals surface area contributed by atoms with Gasteiger partial charge in [-0.2, -0.15) is 0 Å². The van der Waals surface area contributed by atoms with Crippen molar-refractivity contribution in [3.05, 3.63) is 82.9 Å². The lowest BCUT2D eigenvalue weighted by molar-refractivity contribution is -0.126. The van der Waals surface area contributed by atoms with E-state index in [-0.39, 0.29) is 11.8 Å². The maximum Gasteiger partial charge on any atom is 0.275 e. The molecule has 2 aromatic heterocycles. The number of nitrogens with zero attached hydrogens (tertiary/aromatic N) is 2. The van der Waals surface area contributed by atoms with Crippen LogP contribution < -0.4 is 15.0 Å². The molecule has 0 saturated heterocycles. The molecule has 168 valence electrons. The van der Waals surface area contributed by atoms with E-state index in [1.54, 1.807) is 23.3 Å². The van der Waals surface area contributed by atoms with Gasteiger partial charge in [0.15, 0.2) is 0 Å². The average molecular weight is 460 g/mol. The molecule has 0 saturated carbocycles. The van der Waals surface area contributed by atoms with Gasteiger partial charge in [0, 0.05) is 23.2 Å². The Morgan fingerprint density at radius 1 is 1.15 bits per heavy atom. The Labute approximate surface area is 196 Å². The summed E-state index contributed by atoms with van der Waals surface area (Å²) in [5.74, 6) is 0.328. The summed E-state index contributed by atoms with van der Waals surface area (Å²) < 4.78 is 7.41. The van der Waals surface area contributed by atoms with Gasteiger partial charge < -0.3 is 14.6 Å². The Kier molecular flexibility index (Phi) is 5.21. The highest BCUT2D eigenvalue weighted by atomic mass is 32.1. The summed E-state index contributed by atoms with van der Waals surface area (Å²) in [6.07, 6.45) is 0. The molecule has 5 rings (SSSR count). The predicted molar refractivity (Wildman–Crippen MR) is 131 cm³/mol. The fraction of sp³-hybridized carbons (Fsp3) is 0.231. The van der Waals surface area contributed by atoms with E-state index >= 15 is 0 Å². The molecule has 3 heterocycles. The van der Waals surface area contributed by atoms with Crippen molar-refractivity contribution in [1.29, 1.82) is 0 Å². The van der Waals surface area contributed by atoms with Gasteiger partial charge in [-0.05, 0) is 49.1 Å². The minimum Gasteiger partial charge on any atom is -0.496 e. The van der Waals surface area contributed by atoms with Crippen LogP contribution in [0.25, 0.3) is 10.2 Å². The Balaban J connectivity index is 1.57. The number of aromatic nitrogens is 1. The number of carbonyl (C=O) groups is 2. The van der Waals surface area contributed by atoms with Crippen LogP contribution in [0.5, 0.6) is 5.75 Å². The lowest BCUT2D eigenvalue weighted by Gasteiger charge is -2.44. The van der Waals surface area contributed by atoms with Crippen molar-refractivity contribution < 1.29 is 14.3 Å². The van der Waals surface area contributed by atoms with Gasteiger partial charge in [0.05, 0.1) is 13.7 Å². The highest BCUT2D eigenvalue weighted by Gasteiger charge is 2.49. The standard InChI is InChI=1S/C26H25N3O3S/c1-17-8-4-6-10-20(17)29-23(30)21-14-18-12-13-33-24(18)28(21)16-26(29,2)25(31)27-15-19-9-5-7-11-22(19)32-3/h4-14H,15-16H2,1-3H3,(H,27,31)/t26-/m1/s1. The third-order valence-corrected chi connectivity index (χ3v) is 7.31. The molecule has 4 aromatic rings. The number of amides is 2. The molecule has 0 bridgehead atoms. The van der Waals surface area contributed by atoms with Crippen molar-refractivity contribution in [2.24, 2.45) is 0 Å². The van der Waals surface area contributed by atoms with Crippen molar-refractivity contribution in [2.45, 2.75) is 32.5 Å². The maximum atomic E-state index is 13.8. The monoisotopic (exact) mass is 459 g/mol. The Bertz CT molecular complexity index is 1370. The minimum absolute atomic E-state index is 0.172. The first-order valence-corrected chi connectivity index (χ1v) is 11.7. The molecular formula is C26H25N3O3S. The highest BCUT2D eigenvalue weighted by Crippen LogP contribution is 2.38. The number of fused-ring (bicyclic) bond motifs is 3. The summed E-state index contributed by atoms with van der Waals surface area (Å²) in [4.78, 5) is 30.3. The van der Waals surface area contributed by atoms with Crippen molar-refractivity contribution in [1.82, 2.24) is 9.88 Å². The van der Waals surface area contributed by atoms with Crippen LogP contribution in [0.1, 0.15) is 28.5 Å². The van der Waals surface area contributed by atoms with Crippen molar-refractivity contribution >= 4 is 39.1 Å². The summed E-state index contributed by atoms with van der Waals surface area (Å²) >= 11 is 1.58. The number of carbonyl (C=O) groups excluding carboxylic acids is 2. The molecule has 1 aliphatic rings. The molecule has 7 heteroatoms. The molecule has 0 spiro atoms. The average Bonchev–Trinajstić information content (AvgIpc) is 3.41. The predicted octanol–water partition coefficient (Wildman–Crippen LogP) is 4.76. The van der Waals surface area contributed by atoms with E-state index in [1.807, 2.05) is 84.5 Å². The zero-order valence-electron chi connectivity index (χ0n) is 18.8. The van der Waals surface area contributed by atoms with Gasteiger partial charge in [-0.3, -0.25) is 14.5 Å². The van der Waals surface area contributed by atoms with Crippen LogP contribution in [-0.2, 0) is 17.9 Å². The first kappa shape index (κ1) is 21.3. The summed E-state index contributed by atoms with van der Waals surface area (Å²) in [5, 5.41) is 6.10. The first-order valence-electron chi connectivity index (χ1n) is 10.8. The number of ether oxygens (including phenoxy) is 1. The molecule has 0 aliphatic carbocycles. The van der Waals surface area contributed by atoms with Crippen LogP contribution in [0.2, 0.25) is 0 Å². The van der Waals surface area contributed by atoms with Gasteiger partial charge in [-0.1, -0.05) is 36.4 Å². The minimum atomic E-state index is -1.12. The fourth-order valence-corrected chi connectivity index (χ4v) is 5.50. The summed E-state index contributed by atoms with van der Waals surface area (Å²) in [6.45, 7) is 4.48. The summed E-state index contributed by atoms with van der Waals surface area (Å²) in [7, 11) is 1.61. The molecular weight excluding hydrogens is 434 g/mol. The highest BCUT2D eigenvalue weighted by molar-refractivity contribution is 7.16. The van der Waals surface area contributed by atoms with Crippen LogP contribution in [0.4, 0.5) is 5.69 Å². The van der Waals surface area contributed by atoms with E-state index < -0.39 is 5.54 Å². The molecule has 6 nitrogen and oxygen atoms in total. The third kappa shape index (κ3) is 3.40. The van der Waals surface area contributed by atoms with E-state index in [0.29, 0.717) is 24.5 Å². The second-order valence-electron chi connectivity index (χ2n) is 8.49. The molecule has 2 aromatic carbocycles. The number of nitrogens with one attached hydrogen (secondary N) is 1. The number of methoxy groups -OCH3 is 1. The van der Waals surface area contributed by atoms with Crippen LogP contribution in [-0.4, -0.2) is 29.0 Å². The topological polar surface area (TPSA) is 63.6 Å². The maximum absolute atomic E-state index is 13.8. The largest absolute Gasteiger partial charge is 0.496 e. The summed E-state index contributed by atoms with van der Waals surface area (Å²) in [6, 6.07) is 19.2. The molecule has 1 atom stereocenters. The van der Waals surface area contributed by atoms with Crippen LogP contribution in [0.3, 0.4) is 0 Å². The number of benzene rings is 2. The quantitative estimate of drug-likeness (QED) is 0.468.